The lowest BCUT2D eigenvalue weighted by molar-refractivity contribution is -0.165. The second-order valence-corrected chi connectivity index (χ2v) is 4.74. The average molecular weight is 265 g/mol. The van der Waals surface area contributed by atoms with Crippen LogP contribution in [0, 0.1) is 11.2 Å². The zero-order chi connectivity index (χ0) is 13.9. The molecule has 1 aromatic carbocycles. The van der Waals surface area contributed by atoms with E-state index >= 15 is 0 Å². The van der Waals surface area contributed by atoms with Crippen LogP contribution in [0.2, 0.25) is 0 Å². The van der Waals surface area contributed by atoms with Gasteiger partial charge < -0.3 is 10.1 Å². The van der Waals surface area contributed by atoms with Crippen molar-refractivity contribution in [1.82, 2.24) is 5.32 Å². The van der Waals surface area contributed by atoms with Gasteiger partial charge in [-0.25, -0.2) is 4.39 Å². The first kappa shape index (κ1) is 13.5. The van der Waals surface area contributed by atoms with E-state index < -0.39 is 11.4 Å². The molecule has 1 aliphatic rings. The number of methoxy groups -OCH3 is 1. The first-order chi connectivity index (χ1) is 9.08. The quantitative estimate of drug-likeness (QED) is 0.667. The second kappa shape index (κ2) is 5.38. The zero-order valence-corrected chi connectivity index (χ0v) is 10.7. The van der Waals surface area contributed by atoms with Gasteiger partial charge in [0, 0.05) is 6.54 Å². The van der Waals surface area contributed by atoms with Gasteiger partial charge in [0.25, 0.3) is 0 Å². The van der Waals surface area contributed by atoms with Crippen LogP contribution in [0.25, 0.3) is 0 Å². The molecule has 1 aliphatic carbocycles. The van der Waals surface area contributed by atoms with Crippen molar-refractivity contribution in [2.24, 2.45) is 5.41 Å². The number of nitrogens with one attached hydrogen (secondary N) is 1. The Morgan fingerprint density at radius 2 is 2.16 bits per heavy atom. The fourth-order valence-electron chi connectivity index (χ4n) is 2.25. The summed E-state index contributed by atoms with van der Waals surface area (Å²) in [6, 6.07) is 5.99. The molecule has 0 saturated heterocycles. The molecule has 0 heterocycles. The summed E-state index contributed by atoms with van der Waals surface area (Å²) in [6.45, 7) is 0.204. The summed E-state index contributed by atoms with van der Waals surface area (Å²) in [6.07, 6.45) is 1.85. The van der Waals surface area contributed by atoms with E-state index in [1.54, 1.807) is 12.1 Å². The van der Waals surface area contributed by atoms with Crippen LogP contribution >= 0.6 is 0 Å². The number of hydrogen-bond acceptors (Lipinski definition) is 3. The molecular formula is C14H16FNO3. The van der Waals surface area contributed by atoms with Crippen LogP contribution < -0.4 is 5.32 Å². The Morgan fingerprint density at radius 3 is 2.68 bits per heavy atom. The topological polar surface area (TPSA) is 55.4 Å². The van der Waals surface area contributed by atoms with Gasteiger partial charge in [0.1, 0.15) is 11.2 Å². The lowest BCUT2D eigenvalue weighted by Gasteiger charge is -2.37. The number of benzene rings is 1. The van der Waals surface area contributed by atoms with Gasteiger partial charge >= 0.3 is 5.97 Å². The highest BCUT2D eigenvalue weighted by Gasteiger charge is 2.51. The maximum Gasteiger partial charge on any atom is 0.321 e. The van der Waals surface area contributed by atoms with Gasteiger partial charge in [0.2, 0.25) is 5.91 Å². The first-order valence-corrected chi connectivity index (χ1v) is 6.20. The molecule has 1 N–H and O–H groups in total. The van der Waals surface area contributed by atoms with Crippen molar-refractivity contribution in [3.05, 3.63) is 35.6 Å². The highest BCUT2D eigenvalue weighted by atomic mass is 19.1. The van der Waals surface area contributed by atoms with E-state index in [9.17, 15) is 14.0 Å². The Labute approximate surface area is 110 Å². The molecule has 1 amide bonds. The van der Waals surface area contributed by atoms with E-state index in [1.165, 1.54) is 19.2 Å². The Kier molecular flexibility index (Phi) is 3.83. The van der Waals surface area contributed by atoms with Crippen molar-refractivity contribution in [3.8, 4) is 0 Å². The first-order valence-electron chi connectivity index (χ1n) is 6.20. The smallest absolute Gasteiger partial charge is 0.321 e. The monoisotopic (exact) mass is 265 g/mol. The summed E-state index contributed by atoms with van der Waals surface area (Å²) in [4.78, 5) is 23.8. The molecule has 0 aromatic heterocycles. The summed E-state index contributed by atoms with van der Waals surface area (Å²) >= 11 is 0. The summed E-state index contributed by atoms with van der Waals surface area (Å²) in [5.41, 5.74) is -0.380. The Morgan fingerprint density at radius 1 is 1.42 bits per heavy atom. The predicted octanol–water partition coefficient (Wildman–Crippen LogP) is 1.79. The number of ether oxygens (including phenoxy) is 1. The summed E-state index contributed by atoms with van der Waals surface area (Å²) in [7, 11) is 1.28. The largest absolute Gasteiger partial charge is 0.468 e. The summed E-state index contributed by atoms with van der Waals surface area (Å²) in [5.74, 6) is -1.18. The van der Waals surface area contributed by atoms with Crippen LogP contribution in [0.5, 0.6) is 0 Å². The number of carbonyl (C=O) groups is 2. The van der Waals surface area contributed by atoms with Crippen molar-refractivity contribution in [1.29, 1.82) is 0 Å². The molecule has 5 heteroatoms. The molecule has 1 saturated carbocycles. The average Bonchev–Trinajstić information content (AvgIpc) is 2.35. The third kappa shape index (κ3) is 2.59. The van der Waals surface area contributed by atoms with Gasteiger partial charge in [0.05, 0.1) is 7.11 Å². The Hall–Kier alpha value is -1.91. The van der Waals surface area contributed by atoms with Crippen molar-refractivity contribution < 1.29 is 18.7 Å². The molecule has 0 atom stereocenters. The van der Waals surface area contributed by atoms with Crippen molar-refractivity contribution in [2.45, 2.75) is 25.8 Å². The Balaban J connectivity index is 1.99. The fraction of sp³-hybridized carbons (Fsp3) is 0.429. The van der Waals surface area contributed by atoms with E-state index in [-0.39, 0.29) is 18.3 Å². The minimum Gasteiger partial charge on any atom is -0.468 e. The van der Waals surface area contributed by atoms with E-state index in [0.717, 1.165) is 6.42 Å². The van der Waals surface area contributed by atoms with Gasteiger partial charge in [-0.3, -0.25) is 9.59 Å². The molecule has 0 unspecified atom stereocenters. The van der Waals surface area contributed by atoms with Crippen LogP contribution in [0.3, 0.4) is 0 Å². The number of esters is 1. The van der Waals surface area contributed by atoms with Gasteiger partial charge in [-0.15, -0.1) is 0 Å². The SMILES string of the molecule is COC(=O)C1(C(=O)NCc2cccc(F)c2)CCC1. The third-order valence-corrected chi connectivity index (χ3v) is 3.56. The molecule has 4 nitrogen and oxygen atoms in total. The predicted molar refractivity (Wildman–Crippen MR) is 66.5 cm³/mol. The molecule has 102 valence electrons. The fourth-order valence-corrected chi connectivity index (χ4v) is 2.25. The van der Waals surface area contributed by atoms with Crippen molar-refractivity contribution in [3.63, 3.8) is 0 Å². The molecule has 1 aromatic rings. The zero-order valence-electron chi connectivity index (χ0n) is 10.7. The molecule has 19 heavy (non-hydrogen) atoms. The lowest BCUT2D eigenvalue weighted by Crippen LogP contribution is -2.51. The number of rotatable bonds is 4. The van der Waals surface area contributed by atoms with Crippen LogP contribution in [-0.2, 0) is 20.9 Å². The van der Waals surface area contributed by atoms with E-state index in [4.69, 9.17) is 4.74 Å². The second-order valence-electron chi connectivity index (χ2n) is 4.74. The highest BCUT2D eigenvalue weighted by molar-refractivity contribution is 6.03. The van der Waals surface area contributed by atoms with E-state index in [2.05, 4.69) is 5.32 Å². The van der Waals surface area contributed by atoms with Gasteiger partial charge in [-0.1, -0.05) is 18.6 Å². The minimum absolute atomic E-state index is 0.204. The molecular weight excluding hydrogens is 249 g/mol. The number of hydrogen-bond donors (Lipinski definition) is 1. The van der Waals surface area contributed by atoms with Crippen LogP contribution in [0.1, 0.15) is 24.8 Å². The molecule has 0 aliphatic heterocycles. The Bertz CT molecular complexity index is 497. The number of halogens is 1. The normalized spacial score (nSPS) is 16.3. The van der Waals surface area contributed by atoms with E-state index in [1.807, 2.05) is 0 Å². The number of amides is 1. The maximum absolute atomic E-state index is 13.0. The van der Waals surface area contributed by atoms with E-state index in [0.29, 0.717) is 18.4 Å². The van der Waals surface area contributed by atoms with Gasteiger partial charge in [0.15, 0.2) is 0 Å². The van der Waals surface area contributed by atoms with Crippen molar-refractivity contribution in [2.75, 3.05) is 7.11 Å². The summed E-state index contributed by atoms with van der Waals surface area (Å²) in [5, 5.41) is 2.68. The highest BCUT2D eigenvalue weighted by Crippen LogP contribution is 2.42. The molecule has 2 rings (SSSR count). The third-order valence-electron chi connectivity index (χ3n) is 3.56. The lowest BCUT2D eigenvalue weighted by atomic mass is 9.68. The van der Waals surface area contributed by atoms with Gasteiger partial charge in [-0.05, 0) is 30.5 Å². The number of carbonyl (C=O) groups excluding carboxylic acids is 2. The van der Waals surface area contributed by atoms with Gasteiger partial charge in [-0.2, -0.15) is 0 Å². The maximum atomic E-state index is 13.0. The molecule has 0 spiro atoms. The van der Waals surface area contributed by atoms with Crippen LogP contribution in [0.15, 0.2) is 24.3 Å². The molecule has 0 radical (unpaired) electrons. The minimum atomic E-state index is -1.04. The molecule has 1 fully saturated rings. The van der Waals surface area contributed by atoms with Crippen LogP contribution in [0.4, 0.5) is 4.39 Å². The molecule has 0 bridgehead atoms. The summed E-state index contributed by atoms with van der Waals surface area (Å²) < 4.78 is 17.7. The standard InChI is InChI=1S/C14H16FNO3/c1-19-13(18)14(6-3-7-14)12(17)16-9-10-4-2-5-11(15)8-10/h2,4-5,8H,3,6-7,9H2,1H3,(H,16,17). The van der Waals surface area contributed by atoms with Crippen molar-refractivity contribution >= 4 is 11.9 Å². The van der Waals surface area contributed by atoms with Crippen LogP contribution in [-0.4, -0.2) is 19.0 Å².